The Morgan fingerprint density at radius 2 is 1.37 bits per heavy atom. The molecule has 2 aromatic carbocycles. The molecule has 35 heavy (non-hydrogen) atoms. The molecule has 7 nitrogen and oxygen atoms in total. The number of carbonyl (C=O) groups is 3. The second kappa shape index (κ2) is 8.70. The number of hydrogen-bond donors (Lipinski definition) is 0. The van der Waals surface area contributed by atoms with Crippen LogP contribution in [0, 0.1) is 5.92 Å². The van der Waals surface area contributed by atoms with Crippen LogP contribution in [0.2, 0.25) is 0 Å². The van der Waals surface area contributed by atoms with Crippen LogP contribution in [-0.2, 0) is 25.4 Å². The smallest absolute Gasteiger partial charge is 0.308 e. The fourth-order valence-corrected chi connectivity index (χ4v) is 6.75. The van der Waals surface area contributed by atoms with E-state index in [1.165, 1.54) is 26.3 Å². The van der Waals surface area contributed by atoms with Gasteiger partial charge in [0.15, 0.2) is 0 Å². The van der Waals surface area contributed by atoms with E-state index in [2.05, 4.69) is 6.07 Å². The Bertz CT molecular complexity index is 1190. The Kier molecular flexibility index (Phi) is 5.82. The van der Waals surface area contributed by atoms with E-state index in [0.717, 1.165) is 50.5 Å². The van der Waals surface area contributed by atoms with E-state index in [4.69, 9.17) is 18.9 Å². The minimum absolute atomic E-state index is 0.0686. The molecule has 7 heteroatoms. The van der Waals surface area contributed by atoms with Crippen molar-refractivity contribution in [3.8, 4) is 23.0 Å². The predicted octanol–water partition coefficient (Wildman–Crippen LogP) is 5.36. The lowest BCUT2D eigenvalue weighted by Gasteiger charge is -2.51. The summed E-state index contributed by atoms with van der Waals surface area (Å²) >= 11 is 0. The summed E-state index contributed by atoms with van der Waals surface area (Å²) in [6, 6.07) is 10.9. The summed E-state index contributed by atoms with van der Waals surface area (Å²) in [6.07, 6.45) is 7.12. The summed E-state index contributed by atoms with van der Waals surface area (Å²) in [6.45, 7) is 4.06. The summed E-state index contributed by atoms with van der Waals surface area (Å²) in [5, 5.41) is 0. The molecule has 2 fully saturated rings. The molecular formula is C28H30O7. The van der Waals surface area contributed by atoms with E-state index < -0.39 is 17.5 Å². The molecule has 1 heterocycles. The first-order valence-electron chi connectivity index (χ1n) is 12.3. The van der Waals surface area contributed by atoms with Crippen molar-refractivity contribution in [2.24, 2.45) is 5.92 Å². The van der Waals surface area contributed by atoms with Gasteiger partial charge in [0, 0.05) is 55.4 Å². The zero-order chi connectivity index (χ0) is 24.8. The molecule has 0 aromatic heterocycles. The van der Waals surface area contributed by atoms with Gasteiger partial charge in [0.1, 0.15) is 28.6 Å². The van der Waals surface area contributed by atoms with E-state index in [0.29, 0.717) is 23.0 Å². The number of benzene rings is 2. The Balaban J connectivity index is 1.68. The average molecular weight is 479 g/mol. The zero-order valence-electron chi connectivity index (χ0n) is 20.3. The van der Waals surface area contributed by atoms with Gasteiger partial charge in [-0.25, -0.2) is 0 Å². The number of carbonyl (C=O) groups excluding carboxylic acids is 3. The third-order valence-corrected chi connectivity index (χ3v) is 7.73. The second-order valence-corrected chi connectivity index (χ2v) is 9.90. The molecule has 2 atom stereocenters. The predicted molar refractivity (Wildman–Crippen MR) is 127 cm³/mol. The van der Waals surface area contributed by atoms with Crippen molar-refractivity contribution in [3.05, 3.63) is 47.5 Å². The van der Waals surface area contributed by atoms with Gasteiger partial charge in [-0.15, -0.1) is 0 Å². The largest absolute Gasteiger partial charge is 0.482 e. The molecule has 0 radical (unpaired) electrons. The maximum Gasteiger partial charge on any atom is 0.308 e. The highest BCUT2D eigenvalue weighted by Gasteiger charge is 2.61. The molecule has 0 N–H and O–H groups in total. The van der Waals surface area contributed by atoms with E-state index in [1.807, 2.05) is 18.2 Å². The van der Waals surface area contributed by atoms with Crippen LogP contribution in [0.4, 0.5) is 0 Å². The van der Waals surface area contributed by atoms with Gasteiger partial charge in [0.25, 0.3) is 0 Å². The summed E-state index contributed by atoms with van der Waals surface area (Å²) in [5.74, 6) is 0.711. The van der Waals surface area contributed by atoms with Crippen molar-refractivity contribution < 1.29 is 33.3 Å². The fourth-order valence-electron chi connectivity index (χ4n) is 6.75. The van der Waals surface area contributed by atoms with Crippen molar-refractivity contribution in [2.75, 3.05) is 0 Å². The van der Waals surface area contributed by atoms with Crippen molar-refractivity contribution in [2.45, 2.75) is 76.7 Å². The first kappa shape index (κ1) is 23.4. The molecule has 0 bridgehead atoms. The van der Waals surface area contributed by atoms with Crippen molar-refractivity contribution in [1.82, 2.24) is 0 Å². The summed E-state index contributed by atoms with van der Waals surface area (Å²) in [5.41, 5.74) is 1.16. The maximum atomic E-state index is 12.0. The van der Waals surface area contributed by atoms with E-state index in [1.54, 1.807) is 12.1 Å². The quantitative estimate of drug-likeness (QED) is 0.432. The highest BCUT2D eigenvalue weighted by atomic mass is 16.6. The Morgan fingerprint density at radius 3 is 2.00 bits per heavy atom. The molecule has 1 spiro atoms. The van der Waals surface area contributed by atoms with Crippen molar-refractivity contribution >= 4 is 17.9 Å². The SMILES string of the molecule is CC(=O)Oc1ccc2c(c1)O[C@]1(c3ccc(OC(C)=O)cc3OC(C)=O)CCC[C@@H]1C21CCCC1. The Morgan fingerprint density at radius 1 is 0.771 bits per heavy atom. The zero-order valence-corrected chi connectivity index (χ0v) is 20.3. The van der Waals surface area contributed by atoms with E-state index in [-0.39, 0.29) is 17.3 Å². The summed E-state index contributed by atoms with van der Waals surface area (Å²) in [7, 11) is 0. The van der Waals surface area contributed by atoms with E-state index in [9.17, 15) is 14.4 Å². The second-order valence-electron chi connectivity index (χ2n) is 9.90. The molecule has 0 amide bonds. The van der Waals surface area contributed by atoms with Gasteiger partial charge >= 0.3 is 17.9 Å². The first-order chi connectivity index (χ1) is 16.7. The van der Waals surface area contributed by atoms with Crippen LogP contribution in [0.15, 0.2) is 36.4 Å². The molecule has 2 aliphatic carbocycles. The van der Waals surface area contributed by atoms with Gasteiger partial charge in [-0.05, 0) is 50.3 Å². The average Bonchev–Trinajstić information content (AvgIpc) is 3.41. The number of ether oxygens (including phenoxy) is 4. The molecule has 1 aliphatic heterocycles. The van der Waals surface area contributed by atoms with Gasteiger partial charge in [-0.1, -0.05) is 18.9 Å². The van der Waals surface area contributed by atoms with Gasteiger partial charge in [-0.3, -0.25) is 14.4 Å². The van der Waals surface area contributed by atoms with Crippen LogP contribution in [0.1, 0.15) is 76.8 Å². The lowest BCUT2D eigenvalue weighted by molar-refractivity contribution is -0.133. The minimum Gasteiger partial charge on any atom is -0.482 e. The van der Waals surface area contributed by atoms with Gasteiger partial charge in [-0.2, -0.15) is 0 Å². The van der Waals surface area contributed by atoms with Crippen LogP contribution in [0.25, 0.3) is 0 Å². The number of hydrogen-bond acceptors (Lipinski definition) is 7. The molecule has 184 valence electrons. The van der Waals surface area contributed by atoms with Crippen LogP contribution < -0.4 is 18.9 Å². The fraction of sp³-hybridized carbons (Fsp3) is 0.464. The number of esters is 3. The van der Waals surface area contributed by atoms with Gasteiger partial charge < -0.3 is 18.9 Å². The molecule has 5 rings (SSSR count). The van der Waals surface area contributed by atoms with Crippen LogP contribution in [0.5, 0.6) is 23.0 Å². The minimum atomic E-state index is -0.717. The standard InChI is InChI=1S/C28H30O7/c1-17(29)32-20-9-11-23(24(15-20)34-19(3)31)28-14-6-7-26(28)27(12-4-5-13-27)22-10-8-21(33-18(2)30)16-25(22)35-28/h8-11,15-16,26H,4-7,12-14H2,1-3H3/t26-,28+/m1/s1. The number of fused-ring (bicyclic) bond motifs is 4. The highest BCUT2D eigenvalue weighted by Crippen LogP contribution is 2.65. The van der Waals surface area contributed by atoms with Crippen LogP contribution in [-0.4, -0.2) is 17.9 Å². The highest BCUT2D eigenvalue weighted by molar-refractivity contribution is 5.72. The number of rotatable bonds is 4. The molecule has 2 saturated carbocycles. The van der Waals surface area contributed by atoms with Crippen molar-refractivity contribution in [3.63, 3.8) is 0 Å². The first-order valence-corrected chi connectivity index (χ1v) is 12.3. The van der Waals surface area contributed by atoms with Gasteiger partial charge in [0.05, 0.1) is 0 Å². The Hall–Kier alpha value is -3.35. The lowest BCUT2D eigenvalue weighted by atomic mass is 9.60. The van der Waals surface area contributed by atoms with Gasteiger partial charge in [0.2, 0.25) is 0 Å². The monoisotopic (exact) mass is 478 g/mol. The summed E-state index contributed by atoms with van der Waals surface area (Å²) in [4.78, 5) is 35.2. The van der Waals surface area contributed by atoms with Crippen LogP contribution >= 0.6 is 0 Å². The lowest BCUT2D eigenvalue weighted by Crippen LogP contribution is -2.51. The molecule has 2 aromatic rings. The van der Waals surface area contributed by atoms with Crippen molar-refractivity contribution in [1.29, 1.82) is 0 Å². The van der Waals surface area contributed by atoms with Crippen LogP contribution in [0.3, 0.4) is 0 Å². The third kappa shape index (κ3) is 3.97. The third-order valence-electron chi connectivity index (χ3n) is 7.73. The maximum absolute atomic E-state index is 12.0. The topological polar surface area (TPSA) is 88.1 Å². The molecule has 0 saturated heterocycles. The molecule has 0 unspecified atom stereocenters. The molecular weight excluding hydrogens is 448 g/mol. The Labute approximate surface area is 204 Å². The normalized spacial score (nSPS) is 23.7. The molecule has 3 aliphatic rings. The summed E-state index contributed by atoms with van der Waals surface area (Å²) < 4.78 is 23.2. The van der Waals surface area contributed by atoms with E-state index >= 15 is 0 Å².